The molecule has 0 unspecified atom stereocenters. The van der Waals surface area contributed by atoms with Crippen LogP contribution in [0.25, 0.3) is 11.1 Å². The lowest BCUT2D eigenvalue weighted by molar-refractivity contribution is 0.587. The van der Waals surface area contributed by atoms with Gasteiger partial charge in [-0.2, -0.15) is 0 Å². The van der Waals surface area contributed by atoms with Crippen LogP contribution in [0.5, 0.6) is 0 Å². The fraction of sp³-hybridized carbons (Fsp3) is 0.0588. The minimum atomic E-state index is -0.811. The second kappa shape index (κ2) is 6.41. The Morgan fingerprint density at radius 2 is 1.88 bits per heavy atom. The van der Waals surface area contributed by atoms with E-state index in [0.717, 1.165) is 12.1 Å². The number of nitrogen functional groups attached to an aromatic ring is 1. The molecule has 0 aliphatic carbocycles. The summed E-state index contributed by atoms with van der Waals surface area (Å²) in [4.78, 5) is 8.32. The highest BCUT2D eigenvalue weighted by molar-refractivity contribution is 6.33. The lowest BCUT2D eigenvalue weighted by atomic mass is 10.0. The topological polar surface area (TPSA) is 63.8 Å². The zero-order valence-electron chi connectivity index (χ0n) is 12.6. The van der Waals surface area contributed by atoms with Crippen molar-refractivity contribution in [1.82, 2.24) is 9.97 Å². The molecule has 3 N–H and O–H groups in total. The van der Waals surface area contributed by atoms with Gasteiger partial charge in [-0.15, -0.1) is 0 Å². The summed E-state index contributed by atoms with van der Waals surface area (Å²) in [6, 6.07) is 8.96. The number of nitrogens with two attached hydrogens (primary N) is 1. The van der Waals surface area contributed by atoms with Gasteiger partial charge in [0.25, 0.3) is 0 Å². The molecule has 0 fully saturated rings. The summed E-state index contributed by atoms with van der Waals surface area (Å²) >= 11 is 6.26. The monoisotopic (exact) mass is 346 g/mol. The molecule has 0 saturated carbocycles. The van der Waals surface area contributed by atoms with E-state index in [1.807, 2.05) is 12.1 Å². The summed E-state index contributed by atoms with van der Waals surface area (Å²) in [5, 5.41) is 3.33. The van der Waals surface area contributed by atoms with Gasteiger partial charge in [0.2, 0.25) is 0 Å². The number of anilines is 3. The van der Waals surface area contributed by atoms with Crippen LogP contribution in [-0.2, 0) is 0 Å². The van der Waals surface area contributed by atoms with E-state index in [1.165, 1.54) is 6.33 Å². The van der Waals surface area contributed by atoms with Crippen molar-refractivity contribution in [2.24, 2.45) is 0 Å². The number of rotatable bonds is 3. The zero-order chi connectivity index (χ0) is 17.3. The number of nitrogens with zero attached hydrogens (tertiary/aromatic N) is 2. The molecule has 24 heavy (non-hydrogen) atoms. The largest absolute Gasteiger partial charge is 0.397 e. The Kier molecular flexibility index (Phi) is 4.31. The van der Waals surface area contributed by atoms with E-state index in [-0.39, 0.29) is 11.4 Å². The molecule has 2 aromatic carbocycles. The van der Waals surface area contributed by atoms with Gasteiger partial charge in [0.15, 0.2) is 5.82 Å². The molecule has 1 heterocycles. The van der Waals surface area contributed by atoms with E-state index in [0.29, 0.717) is 27.7 Å². The van der Waals surface area contributed by atoms with E-state index in [4.69, 9.17) is 17.3 Å². The summed E-state index contributed by atoms with van der Waals surface area (Å²) in [5.41, 5.74) is 7.57. The molecule has 122 valence electrons. The third kappa shape index (κ3) is 3.00. The Morgan fingerprint density at radius 1 is 1.12 bits per heavy atom. The van der Waals surface area contributed by atoms with Crippen LogP contribution in [0.3, 0.4) is 0 Å². The number of aromatic nitrogens is 2. The number of hydrogen-bond donors (Lipinski definition) is 2. The van der Waals surface area contributed by atoms with Gasteiger partial charge in [-0.1, -0.05) is 29.8 Å². The van der Waals surface area contributed by atoms with Gasteiger partial charge in [-0.3, -0.25) is 0 Å². The predicted octanol–water partition coefficient (Wildman–Crippen LogP) is 4.71. The molecule has 0 aliphatic heterocycles. The van der Waals surface area contributed by atoms with E-state index >= 15 is 0 Å². The second-order valence-corrected chi connectivity index (χ2v) is 5.55. The SMILES string of the molecule is Cc1ncnc(Nc2c(N)cc(F)cc2F)c1-c1ccccc1Cl. The van der Waals surface area contributed by atoms with Crippen molar-refractivity contribution in [1.29, 1.82) is 0 Å². The molecule has 0 amide bonds. The van der Waals surface area contributed by atoms with Crippen LogP contribution < -0.4 is 11.1 Å². The third-order valence-electron chi connectivity index (χ3n) is 3.51. The first-order chi connectivity index (χ1) is 11.5. The highest BCUT2D eigenvalue weighted by Crippen LogP contribution is 2.36. The Morgan fingerprint density at radius 3 is 2.58 bits per heavy atom. The first-order valence-electron chi connectivity index (χ1n) is 7.05. The molecule has 0 spiro atoms. The summed E-state index contributed by atoms with van der Waals surface area (Å²) < 4.78 is 27.3. The minimum Gasteiger partial charge on any atom is -0.397 e. The number of benzene rings is 2. The van der Waals surface area contributed by atoms with Crippen molar-refractivity contribution < 1.29 is 8.78 Å². The molecule has 0 radical (unpaired) electrons. The van der Waals surface area contributed by atoms with Crippen LogP contribution in [0, 0.1) is 18.6 Å². The fourth-order valence-electron chi connectivity index (χ4n) is 2.40. The van der Waals surface area contributed by atoms with E-state index in [1.54, 1.807) is 19.1 Å². The minimum absolute atomic E-state index is 0.0530. The normalized spacial score (nSPS) is 10.7. The Balaban J connectivity index is 2.14. The summed E-state index contributed by atoms with van der Waals surface area (Å²) in [6.07, 6.45) is 1.34. The van der Waals surface area contributed by atoms with Crippen molar-refractivity contribution in [2.45, 2.75) is 6.92 Å². The number of halogens is 3. The molecule has 3 aromatic rings. The molecular weight excluding hydrogens is 334 g/mol. The van der Waals surface area contributed by atoms with Gasteiger partial charge >= 0.3 is 0 Å². The smallest absolute Gasteiger partial charge is 0.151 e. The number of nitrogens with one attached hydrogen (secondary N) is 1. The van der Waals surface area contributed by atoms with Gasteiger partial charge < -0.3 is 11.1 Å². The first-order valence-corrected chi connectivity index (χ1v) is 7.43. The van der Waals surface area contributed by atoms with Crippen LogP contribution in [0.4, 0.5) is 26.0 Å². The average Bonchev–Trinajstić information content (AvgIpc) is 2.52. The highest BCUT2D eigenvalue weighted by atomic mass is 35.5. The highest BCUT2D eigenvalue weighted by Gasteiger charge is 2.17. The maximum absolute atomic E-state index is 14.1. The number of hydrogen-bond acceptors (Lipinski definition) is 4. The van der Waals surface area contributed by atoms with Crippen molar-refractivity contribution in [2.75, 3.05) is 11.1 Å². The standard InChI is InChI=1S/C17H13ClF2N4/c1-9-15(11-4-2-3-5-12(11)18)17(23-8-22-9)24-16-13(20)6-10(19)7-14(16)21/h2-8H,21H2,1H3,(H,22,23,24). The molecular formula is C17H13ClF2N4. The maximum atomic E-state index is 14.1. The maximum Gasteiger partial charge on any atom is 0.151 e. The van der Waals surface area contributed by atoms with Crippen LogP contribution in [0.2, 0.25) is 5.02 Å². The predicted molar refractivity (Wildman–Crippen MR) is 91.3 cm³/mol. The Bertz CT molecular complexity index is 892. The third-order valence-corrected chi connectivity index (χ3v) is 3.84. The van der Waals surface area contributed by atoms with Gasteiger partial charge in [0.05, 0.1) is 17.1 Å². The number of aryl methyl sites for hydroxylation is 1. The van der Waals surface area contributed by atoms with Crippen molar-refractivity contribution in [3.63, 3.8) is 0 Å². The molecule has 0 aliphatic rings. The zero-order valence-corrected chi connectivity index (χ0v) is 13.4. The average molecular weight is 347 g/mol. The van der Waals surface area contributed by atoms with Gasteiger partial charge in [-0.05, 0) is 19.1 Å². The molecule has 7 heteroatoms. The van der Waals surface area contributed by atoms with E-state index in [2.05, 4.69) is 15.3 Å². The quantitative estimate of drug-likeness (QED) is 0.674. The molecule has 0 bridgehead atoms. The van der Waals surface area contributed by atoms with Crippen LogP contribution >= 0.6 is 11.6 Å². The summed E-state index contributed by atoms with van der Waals surface area (Å²) in [5.74, 6) is -1.23. The molecule has 0 saturated heterocycles. The molecule has 1 aromatic heterocycles. The van der Waals surface area contributed by atoms with E-state index in [9.17, 15) is 8.78 Å². The van der Waals surface area contributed by atoms with Gasteiger partial charge in [0, 0.05) is 22.2 Å². The fourth-order valence-corrected chi connectivity index (χ4v) is 2.63. The summed E-state index contributed by atoms with van der Waals surface area (Å²) in [6.45, 7) is 1.79. The van der Waals surface area contributed by atoms with Crippen LogP contribution in [-0.4, -0.2) is 9.97 Å². The first kappa shape index (κ1) is 16.1. The molecule has 4 nitrogen and oxygen atoms in total. The molecule has 0 atom stereocenters. The lowest BCUT2D eigenvalue weighted by Crippen LogP contribution is -2.05. The van der Waals surface area contributed by atoms with Crippen LogP contribution in [0.15, 0.2) is 42.7 Å². The molecule has 3 rings (SSSR count). The van der Waals surface area contributed by atoms with Crippen molar-refractivity contribution in [3.05, 3.63) is 65.1 Å². The lowest BCUT2D eigenvalue weighted by Gasteiger charge is -2.15. The Labute approximate surface area is 142 Å². The summed E-state index contributed by atoms with van der Waals surface area (Å²) in [7, 11) is 0. The van der Waals surface area contributed by atoms with Crippen molar-refractivity contribution in [3.8, 4) is 11.1 Å². The van der Waals surface area contributed by atoms with Gasteiger partial charge in [0.1, 0.15) is 18.0 Å². The van der Waals surface area contributed by atoms with Crippen molar-refractivity contribution >= 4 is 28.8 Å². The van der Waals surface area contributed by atoms with Crippen LogP contribution in [0.1, 0.15) is 5.69 Å². The van der Waals surface area contributed by atoms with Gasteiger partial charge in [-0.25, -0.2) is 18.7 Å². The Hall–Kier alpha value is -2.73. The second-order valence-electron chi connectivity index (χ2n) is 5.14. The van der Waals surface area contributed by atoms with E-state index < -0.39 is 11.6 Å².